The standard InChI is InChI=1S/C29H30ClN5O4S/c1-18-33-35(37)29-25(17-27(36)31-13-14-39-22-5-4-6-23(15-22)40-3)32-28(19-7-9-20(30)10-8-19)24-16-21(38-2)11-12-26(24)34(18)29/h4-12,15-16,18,25,29H,13-14,17H2,1-3H3,(H-,31,33,36,37)/p+1. The molecular formula is C29H31ClN5O4S+. The number of halogens is 1. The lowest BCUT2D eigenvalue weighted by atomic mass is 9.99. The summed E-state index contributed by atoms with van der Waals surface area (Å²) in [5.74, 6) is 1.19. The molecule has 9 nitrogen and oxygen atoms in total. The minimum Gasteiger partial charge on any atom is -0.497 e. The van der Waals surface area contributed by atoms with Crippen LogP contribution in [0.5, 0.6) is 11.5 Å². The average molecular weight is 581 g/mol. The Kier molecular flexibility index (Phi) is 8.46. The van der Waals surface area contributed by atoms with E-state index in [0.717, 1.165) is 32.3 Å². The maximum atomic E-state index is 13.2. The summed E-state index contributed by atoms with van der Waals surface area (Å²) < 4.78 is 11.3. The van der Waals surface area contributed by atoms with Gasteiger partial charge in [-0.15, -0.1) is 17.2 Å². The Morgan fingerprint density at radius 1 is 1.15 bits per heavy atom. The number of anilines is 1. The predicted octanol–water partition coefficient (Wildman–Crippen LogP) is 4.65. The lowest BCUT2D eigenvalue weighted by Crippen LogP contribution is -2.46. The number of methoxy groups -OCH3 is 1. The van der Waals surface area contributed by atoms with Crippen LogP contribution in [0.1, 0.15) is 24.5 Å². The zero-order valence-corrected chi connectivity index (χ0v) is 24.0. The van der Waals surface area contributed by atoms with Crippen LogP contribution in [-0.4, -0.2) is 61.4 Å². The summed E-state index contributed by atoms with van der Waals surface area (Å²) in [5, 5.41) is 3.52. The van der Waals surface area contributed by atoms with Crippen molar-refractivity contribution in [2.45, 2.75) is 36.6 Å². The number of carbonyl (C=O) groups excluding carboxylic acids is 1. The molecule has 1 saturated heterocycles. The second-order valence-electron chi connectivity index (χ2n) is 9.47. The van der Waals surface area contributed by atoms with E-state index >= 15 is 0 Å². The van der Waals surface area contributed by atoms with Gasteiger partial charge in [-0.25, -0.2) is 0 Å². The quantitative estimate of drug-likeness (QED) is 0.216. The number of nitrogens with one attached hydrogen (secondary N) is 2. The monoisotopic (exact) mass is 580 g/mol. The molecule has 208 valence electrons. The molecule has 2 aliphatic rings. The number of aliphatic imine (C=N–C) groups is 1. The summed E-state index contributed by atoms with van der Waals surface area (Å²) >= 11 is 7.81. The number of nitrogens with zero attached hydrogens (tertiary/aromatic N) is 3. The van der Waals surface area contributed by atoms with Crippen LogP contribution in [0.25, 0.3) is 0 Å². The third-order valence-corrected chi connectivity index (χ3v) is 7.86. The van der Waals surface area contributed by atoms with Gasteiger partial charge in [-0.1, -0.05) is 29.8 Å². The molecular weight excluding hydrogens is 550 g/mol. The summed E-state index contributed by atoms with van der Waals surface area (Å²) in [6.45, 7) is 2.55. The Morgan fingerprint density at radius 2 is 1.95 bits per heavy atom. The number of hydrogen-bond acceptors (Lipinski definition) is 7. The molecule has 0 saturated carbocycles. The first kappa shape index (κ1) is 27.8. The van der Waals surface area contributed by atoms with Gasteiger partial charge >= 0.3 is 6.17 Å². The van der Waals surface area contributed by atoms with Crippen LogP contribution in [0.3, 0.4) is 0 Å². The third kappa shape index (κ3) is 5.88. The van der Waals surface area contributed by atoms with Crippen LogP contribution in [0.2, 0.25) is 5.02 Å². The molecule has 5 rings (SSSR count). The lowest BCUT2D eigenvalue weighted by molar-refractivity contribution is -0.622. The van der Waals surface area contributed by atoms with E-state index in [1.54, 1.807) is 31.0 Å². The van der Waals surface area contributed by atoms with E-state index < -0.39 is 12.2 Å². The first-order chi connectivity index (χ1) is 19.4. The Morgan fingerprint density at radius 3 is 2.70 bits per heavy atom. The smallest absolute Gasteiger partial charge is 0.333 e. The molecule has 3 unspecified atom stereocenters. The van der Waals surface area contributed by atoms with Crippen molar-refractivity contribution in [2.75, 3.05) is 31.4 Å². The molecule has 2 heterocycles. The molecule has 11 heteroatoms. The van der Waals surface area contributed by atoms with Crippen LogP contribution in [0.4, 0.5) is 5.69 Å². The van der Waals surface area contributed by atoms with Gasteiger partial charge in [-0.2, -0.15) is 0 Å². The summed E-state index contributed by atoms with van der Waals surface area (Å²) in [7, 11) is 1.61. The maximum absolute atomic E-state index is 13.2. The number of amides is 1. The molecule has 0 radical (unpaired) electrons. The van der Waals surface area contributed by atoms with Gasteiger partial charge in [-0.3, -0.25) is 14.7 Å². The number of nitroso groups, excluding NO2 is 1. The predicted molar refractivity (Wildman–Crippen MR) is 158 cm³/mol. The Hall–Kier alpha value is -3.76. The minimum absolute atomic E-state index is 0.0124. The summed E-state index contributed by atoms with van der Waals surface area (Å²) in [6.07, 6.45) is 0.972. The van der Waals surface area contributed by atoms with Crippen LogP contribution in [0.15, 0.2) is 76.6 Å². The summed E-state index contributed by atoms with van der Waals surface area (Å²) in [5.41, 5.74) is 6.05. The zero-order valence-electron chi connectivity index (χ0n) is 22.5. The fourth-order valence-electron chi connectivity index (χ4n) is 5.02. The molecule has 3 aromatic carbocycles. The fourth-order valence-corrected chi connectivity index (χ4v) is 5.59. The molecule has 40 heavy (non-hydrogen) atoms. The van der Waals surface area contributed by atoms with E-state index in [1.165, 1.54) is 0 Å². The van der Waals surface area contributed by atoms with Crippen molar-refractivity contribution in [1.29, 1.82) is 0 Å². The van der Waals surface area contributed by atoms with Crippen LogP contribution in [0, 0.1) is 4.91 Å². The van der Waals surface area contributed by atoms with E-state index in [-0.39, 0.29) is 18.5 Å². The van der Waals surface area contributed by atoms with Crippen molar-refractivity contribution in [1.82, 2.24) is 10.7 Å². The van der Waals surface area contributed by atoms with Gasteiger partial charge in [-0.05, 0) is 61.7 Å². The van der Waals surface area contributed by atoms with Crippen molar-refractivity contribution in [3.05, 3.63) is 87.8 Å². The second-order valence-corrected chi connectivity index (χ2v) is 10.8. The molecule has 1 amide bonds. The first-order valence-corrected chi connectivity index (χ1v) is 14.5. The molecule has 0 aromatic heterocycles. The van der Waals surface area contributed by atoms with Gasteiger partial charge in [0.2, 0.25) is 5.91 Å². The highest BCUT2D eigenvalue weighted by atomic mass is 35.5. The largest absolute Gasteiger partial charge is 0.497 e. The molecule has 1 fully saturated rings. The number of benzene rings is 3. The Bertz CT molecular complexity index is 1430. The number of carbonyl (C=O) groups is 1. The Labute approximate surface area is 242 Å². The summed E-state index contributed by atoms with van der Waals surface area (Å²) in [4.78, 5) is 35.2. The number of hydrazine groups is 1. The van der Waals surface area contributed by atoms with Crippen LogP contribution < -0.4 is 25.1 Å². The molecule has 3 aromatic rings. The van der Waals surface area contributed by atoms with Crippen molar-refractivity contribution >= 4 is 40.7 Å². The lowest BCUT2D eigenvalue weighted by Gasteiger charge is -2.24. The molecule has 2 aliphatic heterocycles. The van der Waals surface area contributed by atoms with Gasteiger partial charge < -0.3 is 14.8 Å². The highest BCUT2D eigenvalue weighted by Crippen LogP contribution is 2.37. The molecule has 0 bridgehead atoms. The number of hydrogen-bond donors (Lipinski definition) is 2. The van der Waals surface area contributed by atoms with Gasteiger partial charge in [0.25, 0.3) is 0 Å². The molecule has 2 N–H and O–H groups in total. The second kappa shape index (κ2) is 12.2. The third-order valence-electron chi connectivity index (χ3n) is 6.88. The number of thioether (sulfide) groups is 1. The van der Waals surface area contributed by atoms with Crippen LogP contribution in [-0.2, 0) is 4.79 Å². The number of rotatable bonds is 9. The molecule has 0 aliphatic carbocycles. The van der Waals surface area contributed by atoms with E-state index in [4.69, 9.17) is 26.1 Å². The normalized spacial score (nSPS) is 19.6. The molecule has 3 atom stereocenters. The summed E-state index contributed by atoms with van der Waals surface area (Å²) in [6, 6.07) is 20.2. The number of fused-ring (bicyclic) bond motifs is 3. The highest BCUT2D eigenvalue weighted by molar-refractivity contribution is 7.98. The zero-order chi connectivity index (χ0) is 28.2. The maximum Gasteiger partial charge on any atom is 0.333 e. The Balaban J connectivity index is 1.40. The highest BCUT2D eigenvalue weighted by Gasteiger charge is 2.53. The first-order valence-electron chi connectivity index (χ1n) is 12.9. The van der Waals surface area contributed by atoms with Crippen molar-refractivity contribution in [3.63, 3.8) is 0 Å². The number of ether oxygens (including phenoxy) is 2. The van der Waals surface area contributed by atoms with Gasteiger partial charge in [0, 0.05) is 21.0 Å². The van der Waals surface area contributed by atoms with E-state index in [1.807, 2.05) is 72.7 Å². The van der Waals surface area contributed by atoms with Gasteiger partial charge in [0.15, 0.2) is 6.17 Å². The van der Waals surface area contributed by atoms with Crippen LogP contribution >= 0.6 is 23.4 Å². The fraction of sp³-hybridized carbons (Fsp3) is 0.310. The van der Waals surface area contributed by atoms with Gasteiger partial charge in [0.05, 0.1) is 36.4 Å². The SMILES string of the molecule is COc1ccc2c(c1)C(c1ccc(Cl)cc1)=NC(CC(=O)NCCOc1cccc(SC)c1)C1N2C(C)N[N+]1=O. The van der Waals surface area contributed by atoms with Crippen molar-refractivity contribution in [3.8, 4) is 11.5 Å². The van der Waals surface area contributed by atoms with E-state index in [2.05, 4.69) is 10.7 Å². The van der Waals surface area contributed by atoms with E-state index in [0.29, 0.717) is 29.6 Å². The van der Waals surface area contributed by atoms with E-state index in [9.17, 15) is 9.70 Å². The average Bonchev–Trinajstić information content (AvgIpc) is 3.18. The minimum atomic E-state index is -0.733. The topological polar surface area (TPSA) is 95.3 Å². The molecule has 0 spiro atoms. The van der Waals surface area contributed by atoms with Crippen molar-refractivity contribution in [2.24, 2.45) is 4.99 Å². The van der Waals surface area contributed by atoms with Gasteiger partial charge in [0.1, 0.15) is 29.0 Å². The van der Waals surface area contributed by atoms with Crippen molar-refractivity contribution < 1.29 is 19.1 Å².